The number of pyridine rings is 2. The Labute approximate surface area is 206 Å². The van der Waals surface area contributed by atoms with Gasteiger partial charge in [0.15, 0.2) is 5.82 Å². The van der Waals surface area contributed by atoms with E-state index in [2.05, 4.69) is 32.0 Å². The lowest BCUT2D eigenvalue weighted by Gasteiger charge is -2.31. The van der Waals surface area contributed by atoms with Gasteiger partial charge in [0.25, 0.3) is 0 Å². The van der Waals surface area contributed by atoms with Crippen LogP contribution < -0.4 is 16.0 Å². The van der Waals surface area contributed by atoms with Crippen LogP contribution in [0.4, 0.5) is 15.9 Å². The lowest BCUT2D eigenvalue weighted by molar-refractivity contribution is 0.0456. The molecule has 4 rings (SSSR count). The molecule has 0 spiro atoms. The topological polar surface area (TPSA) is 104 Å². The van der Waals surface area contributed by atoms with Gasteiger partial charge >= 0.3 is 0 Å². The number of nitrogens with one attached hydrogen (secondary N) is 3. The van der Waals surface area contributed by atoms with Gasteiger partial charge in [0.1, 0.15) is 5.82 Å². The Kier molecular flexibility index (Phi) is 8.85. The van der Waals surface area contributed by atoms with Gasteiger partial charge in [-0.3, -0.25) is 4.98 Å². The average molecular weight is 483 g/mol. The zero-order valence-corrected chi connectivity index (χ0v) is 20.4. The number of aromatic nitrogens is 2. The summed E-state index contributed by atoms with van der Waals surface area (Å²) in [6, 6.07) is 8.68. The standard InChI is InChI=1S/C26H35FN6O2/c1-34-13-10-29-19-2-4-20(5-3-19)33-25-15-22(23(27)16-31-25)24-14-21(6-9-30-24)32-18-26(17-28)7-11-35-12-8-26/h6,9,14-16,19-20,29H,2-5,7-8,10-13,18H2,1H3,(H,30,32)(H,31,33). The van der Waals surface area contributed by atoms with Crippen LogP contribution in [0, 0.1) is 22.6 Å². The Balaban J connectivity index is 1.38. The third kappa shape index (κ3) is 6.88. The first-order valence-corrected chi connectivity index (χ1v) is 12.4. The highest BCUT2D eigenvalue weighted by Gasteiger charge is 2.32. The average Bonchev–Trinajstić information content (AvgIpc) is 2.90. The number of rotatable bonds is 10. The van der Waals surface area contributed by atoms with Crippen molar-refractivity contribution in [2.75, 3.05) is 50.7 Å². The maximum atomic E-state index is 14.7. The highest BCUT2D eigenvalue weighted by molar-refractivity contribution is 5.67. The molecule has 0 amide bonds. The molecule has 3 N–H and O–H groups in total. The largest absolute Gasteiger partial charge is 0.383 e. The van der Waals surface area contributed by atoms with Crippen LogP contribution in [0.15, 0.2) is 30.6 Å². The zero-order valence-electron chi connectivity index (χ0n) is 20.4. The first-order chi connectivity index (χ1) is 17.1. The summed E-state index contributed by atoms with van der Waals surface area (Å²) < 4.78 is 25.2. The molecular weight excluding hydrogens is 447 g/mol. The van der Waals surface area contributed by atoms with Gasteiger partial charge < -0.3 is 25.4 Å². The minimum Gasteiger partial charge on any atom is -0.383 e. The van der Waals surface area contributed by atoms with Crippen molar-refractivity contribution >= 4 is 11.5 Å². The molecule has 1 aliphatic carbocycles. The molecular formula is C26H35FN6O2. The van der Waals surface area contributed by atoms with Gasteiger partial charge in [0.2, 0.25) is 0 Å². The second kappa shape index (κ2) is 12.2. The third-order valence-electron chi connectivity index (χ3n) is 7.03. The molecule has 2 aliphatic rings. The van der Waals surface area contributed by atoms with E-state index >= 15 is 0 Å². The van der Waals surface area contributed by atoms with Crippen LogP contribution in [-0.2, 0) is 9.47 Å². The van der Waals surface area contributed by atoms with Gasteiger partial charge in [-0.15, -0.1) is 0 Å². The molecule has 3 heterocycles. The van der Waals surface area contributed by atoms with Gasteiger partial charge in [-0.25, -0.2) is 9.37 Å². The summed E-state index contributed by atoms with van der Waals surface area (Å²) in [4.78, 5) is 8.67. The Morgan fingerprint density at radius 2 is 1.94 bits per heavy atom. The van der Waals surface area contributed by atoms with E-state index in [1.165, 1.54) is 6.20 Å². The Morgan fingerprint density at radius 1 is 1.17 bits per heavy atom. The molecule has 9 heteroatoms. The van der Waals surface area contributed by atoms with Crippen molar-refractivity contribution in [2.24, 2.45) is 5.41 Å². The second-order valence-electron chi connectivity index (χ2n) is 9.48. The van der Waals surface area contributed by atoms with Crippen molar-refractivity contribution in [1.82, 2.24) is 15.3 Å². The summed E-state index contributed by atoms with van der Waals surface area (Å²) in [6.45, 7) is 3.31. The number of hydrogen-bond acceptors (Lipinski definition) is 8. The monoisotopic (exact) mass is 482 g/mol. The Hall–Kier alpha value is -2.80. The number of methoxy groups -OCH3 is 1. The number of hydrogen-bond donors (Lipinski definition) is 3. The summed E-state index contributed by atoms with van der Waals surface area (Å²) >= 11 is 0. The SMILES string of the molecule is COCCNC1CCC(Nc2cc(-c3cc(NCC4(C#N)CCOCC4)ccn3)c(F)cn2)CC1. The van der Waals surface area contributed by atoms with Crippen molar-refractivity contribution < 1.29 is 13.9 Å². The van der Waals surface area contributed by atoms with Crippen molar-refractivity contribution in [3.63, 3.8) is 0 Å². The molecule has 1 saturated heterocycles. The van der Waals surface area contributed by atoms with E-state index in [1.807, 2.05) is 12.1 Å². The van der Waals surface area contributed by atoms with Crippen LogP contribution in [0.1, 0.15) is 38.5 Å². The molecule has 0 bridgehead atoms. The first kappa shape index (κ1) is 25.3. The predicted molar refractivity (Wildman–Crippen MR) is 134 cm³/mol. The fourth-order valence-electron chi connectivity index (χ4n) is 4.78. The summed E-state index contributed by atoms with van der Waals surface area (Å²) in [5.74, 6) is 0.243. The predicted octanol–water partition coefficient (Wildman–Crippen LogP) is 3.97. The number of halogens is 1. The molecule has 35 heavy (non-hydrogen) atoms. The molecule has 1 saturated carbocycles. The van der Waals surface area contributed by atoms with Crippen molar-refractivity contribution in [3.8, 4) is 17.3 Å². The smallest absolute Gasteiger partial charge is 0.151 e. The van der Waals surface area contributed by atoms with E-state index in [0.717, 1.165) is 44.5 Å². The molecule has 0 radical (unpaired) electrons. The summed E-state index contributed by atoms with van der Waals surface area (Å²) in [5, 5.41) is 20.1. The van der Waals surface area contributed by atoms with Crippen LogP contribution in [-0.4, -0.2) is 62.1 Å². The molecule has 2 fully saturated rings. The molecule has 188 valence electrons. The van der Waals surface area contributed by atoms with Crippen LogP contribution >= 0.6 is 0 Å². The minimum atomic E-state index is -0.445. The van der Waals surface area contributed by atoms with Crippen molar-refractivity contribution in [3.05, 3.63) is 36.4 Å². The van der Waals surface area contributed by atoms with Crippen LogP contribution in [0.25, 0.3) is 11.3 Å². The minimum absolute atomic E-state index is 0.309. The highest BCUT2D eigenvalue weighted by Crippen LogP contribution is 2.31. The van der Waals surface area contributed by atoms with Crippen molar-refractivity contribution in [1.29, 1.82) is 5.26 Å². The van der Waals surface area contributed by atoms with E-state index in [0.29, 0.717) is 61.8 Å². The van der Waals surface area contributed by atoms with E-state index in [1.54, 1.807) is 19.4 Å². The van der Waals surface area contributed by atoms with Crippen molar-refractivity contribution in [2.45, 2.75) is 50.6 Å². The number of ether oxygens (including phenoxy) is 2. The first-order valence-electron chi connectivity index (χ1n) is 12.4. The summed E-state index contributed by atoms with van der Waals surface area (Å²) in [7, 11) is 1.71. The van der Waals surface area contributed by atoms with Gasteiger partial charge in [0, 0.05) is 62.9 Å². The zero-order chi connectivity index (χ0) is 24.5. The Morgan fingerprint density at radius 3 is 2.69 bits per heavy atom. The highest BCUT2D eigenvalue weighted by atomic mass is 19.1. The van der Waals surface area contributed by atoms with E-state index < -0.39 is 11.2 Å². The lowest BCUT2D eigenvalue weighted by atomic mass is 9.81. The molecule has 2 aromatic heterocycles. The second-order valence-corrected chi connectivity index (χ2v) is 9.48. The van der Waals surface area contributed by atoms with E-state index in [-0.39, 0.29) is 0 Å². The fraction of sp³-hybridized carbons (Fsp3) is 0.577. The molecule has 0 unspecified atom stereocenters. The van der Waals surface area contributed by atoms with Gasteiger partial charge in [-0.05, 0) is 56.7 Å². The Bertz CT molecular complexity index is 1000. The fourth-order valence-corrected chi connectivity index (χ4v) is 4.78. The summed E-state index contributed by atoms with van der Waals surface area (Å²) in [6.07, 6.45) is 8.55. The molecule has 2 aromatic rings. The quantitative estimate of drug-likeness (QED) is 0.437. The van der Waals surface area contributed by atoms with Gasteiger partial charge in [0.05, 0.1) is 30.0 Å². The maximum absolute atomic E-state index is 14.7. The van der Waals surface area contributed by atoms with Crippen LogP contribution in [0.5, 0.6) is 0 Å². The van der Waals surface area contributed by atoms with Gasteiger partial charge in [-0.2, -0.15) is 5.26 Å². The molecule has 0 aromatic carbocycles. The maximum Gasteiger partial charge on any atom is 0.151 e. The van der Waals surface area contributed by atoms with E-state index in [4.69, 9.17) is 9.47 Å². The third-order valence-corrected chi connectivity index (χ3v) is 7.03. The molecule has 1 aliphatic heterocycles. The van der Waals surface area contributed by atoms with Crippen LogP contribution in [0.3, 0.4) is 0 Å². The normalized spacial score (nSPS) is 21.7. The number of anilines is 2. The lowest BCUT2D eigenvalue weighted by Crippen LogP contribution is -2.38. The number of nitrogens with zero attached hydrogens (tertiary/aromatic N) is 3. The molecule has 8 nitrogen and oxygen atoms in total. The summed E-state index contributed by atoms with van der Waals surface area (Å²) in [5.41, 5.74) is 1.30. The van der Waals surface area contributed by atoms with Crippen LogP contribution in [0.2, 0.25) is 0 Å². The molecule has 0 atom stereocenters. The number of nitriles is 1. The van der Waals surface area contributed by atoms with Gasteiger partial charge in [-0.1, -0.05) is 0 Å². The van der Waals surface area contributed by atoms with E-state index in [9.17, 15) is 9.65 Å².